The van der Waals surface area contributed by atoms with Gasteiger partial charge in [-0.25, -0.2) is 9.78 Å². The summed E-state index contributed by atoms with van der Waals surface area (Å²) in [5, 5.41) is 5.72. The molecule has 1 aromatic heterocycles. The van der Waals surface area contributed by atoms with Gasteiger partial charge >= 0.3 is 6.03 Å². The van der Waals surface area contributed by atoms with Gasteiger partial charge in [0.15, 0.2) is 5.69 Å². The van der Waals surface area contributed by atoms with Crippen molar-refractivity contribution in [3.8, 4) is 0 Å². The van der Waals surface area contributed by atoms with Gasteiger partial charge in [-0.05, 0) is 42.4 Å². The first-order valence-corrected chi connectivity index (χ1v) is 10.9. The fraction of sp³-hybridized carbons (Fsp3) is 0.476. The number of hydrogen-bond donors (Lipinski definition) is 2. The Morgan fingerprint density at radius 1 is 1.14 bits per heavy atom. The summed E-state index contributed by atoms with van der Waals surface area (Å²) in [6.45, 7) is 9.40. The average Bonchev–Trinajstić information content (AvgIpc) is 3.14. The quantitative estimate of drug-likeness (QED) is 0.587. The molecule has 1 aromatic carbocycles. The van der Waals surface area contributed by atoms with Crippen LogP contribution in [0, 0.1) is 11.8 Å². The van der Waals surface area contributed by atoms with E-state index in [4.69, 9.17) is 4.42 Å². The van der Waals surface area contributed by atoms with E-state index in [0.29, 0.717) is 24.9 Å². The van der Waals surface area contributed by atoms with Gasteiger partial charge in [-0.3, -0.25) is 4.79 Å². The van der Waals surface area contributed by atoms with Crippen LogP contribution in [0.4, 0.5) is 10.5 Å². The lowest BCUT2D eigenvalue weighted by Gasteiger charge is -2.23. The number of carbonyl (C=O) groups excluding carboxylic acids is 2. The van der Waals surface area contributed by atoms with Gasteiger partial charge in [0.25, 0.3) is 5.91 Å². The molecule has 2 aromatic rings. The number of benzene rings is 1. The number of amides is 3. The molecule has 1 heterocycles. The predicted molar refractivity (Wildman–Crippen MR) is 116 cm³/mol. The van der Waals surface area contributed by atoms with Crippen LogP contribution in [0.3, 0.4) is 0 Å². The molecule has 0 aliphatic rings. The first kappa shape index (κ1) is 22.8. The van der Waals surface area contributed by atoms with E-state index in [9.17, 15) is 9.59 Å². The second-order valence-corrected chi connectivity index (χ2v) is 8.54. The minimum atomic E-state index is -0.276. The largest absolute Gasteiger partial charge is 0.446 e. The Labute approximate surface area is 176 Å². The Hall–Kier alpha value is -2.48. The van der Waals surface area contributed by atoms with E-state index in [1.54, 1.807) is 16.7 Å². The average molecular weight is 419 g/mol. The number of thioether (sulfide) groups is 1. The Bertz CT molecular complexity index is 803. The first-order valence-electron chi connectivity index (χ1n) is 9.71. The van der Waals surface area contributed by atoms with Crippen LogP contribution in [-0.4, -0.2) is 41.2 Å². The molecular weight excluding hydrogens is 388 g/mol. The van der Waals surface area contributed by atoms with Crippen molar-refractivity contribution >= 4 is 29.4 Å². The number of hydrogen-bond acceptors (Lipinski definition) is 5. The van der Waals surface area contributed by atoms with Gasteiger partial charge in [-0.1, -0.05) is 27.7 Å². The number of nitrogens with one attached hydrogen (secondary N) is 2. The summed E-state index contributed by atoms with van der Waals surface area (Å²) in [5.41, 5.74) is 0.945. The molecule has 2 N–H and O–H groups in total. The van der Waals surface area contributed by atoms with Gasteiger partial charge in [0, 0.05) is 23.7 Å². The van der Waals surface area contributed by atoms with Crippen molar-refractivity contribution in [3.63, 3.8) is 0 Å². The summed E-state index contributed by atoms with van der Waals surface area (Å²) in [4.78, 5) is 31.9. The third-order valence-corrected chi connectivity index (χ3v) is 4.74. The van der Waals surface area contributed by atoms with Gasteiger partial charge in [0.2, 0.25) is 5.89 Å². The Kier molecular flexibility index (Phi) is 8.57. The Morgan fingerprint density at radius 3 is 2.41 bits per heavy atom. The number of oxazole rings is 1. The zero-order valence-electron chi connectivity index (χ0n) is 17.7. The van der Waals surface area contributed by atoms with E-state index >= 15 is 0 Å². The molecule has 2 rings (SSSR count). The minimum Gasteiger partial charge on any atom is -0.446 e. The zero-order valence-corrected chi connectivity index (χ0v) is 18.5. The fourth-order valence-corrected chi connectivity index (χ4v) is 2.98. The van der Waals surface area contributed by atoms with Crippen LogP contribution in [0.5, 0.6) is 0 Å². The molecule has 8 heteroatoms. The maximum absolute atomic E-state index is 12.8. The monoisotopic (exact) mass is 418 g/mol. The summed E-state index contributed by atoms with van der Waals surface area (Å²) in [5.74, 6) is 0.666. The highest BCUT2D eigenvalue weighted by atomic mass is 32.2. The molecule has 29 heavy (non-hydrogen) atoms. The van der Waals surface area contributed by atoms with Crippen molar-refractivity contribution in [1.82, 2.24) is 15.2 Å². The van der Waals surface area contributed by atoms with Crippen molar-refractivity contribution in [2.24, 2.45) is 11.8 Å². The third-order valence-electron chi connectivity index (χ3n) is 4.00. The summed E-state index contributed by atoms with van der Waals surface area (Å²) in [6, 6.07) is 7.44. The van der Waals surface area contributed by atoms with Crippen LogP contribution in [0.25, 0.3) is 0 Å². The molecule has 0 aliphatic carbocycles. The minimum absolute atomic E-state index is 0.185. The molecule has 0 aliphatic heterocycles. The highest BCUT2D eigenvalue weighted by Gasteiger charge is 2.20. The molecule has 3 amide bonds. The Morgan fingerprint density at radius 2 is 1.83 bits per heavy atom. The molecule has 0 fully saturated rings. The van der Waals surface area contributed by atoms with Crippen molar-refractivity contribution in [2.45, 2.75) is 39.1 Å². The normalized spacial score (nSPS) is 11.0. The SMILES string of the molecule is CSc1ccc(NC(=O)N(Cc2nc(C(=O)NCC(C)C)co2)CC(C)C)cc1. The number of carbonyl (C=O) groups is 2. The second-order valence-electron chi connectivity index (χ2n) is 7.66. The molecule has 7 nitrogen and oxygen atoms in total. The highest BCUT2D eigenvalue weighted by Crippen LogP contribution is 2.18. The molecule has 0 saturated carbocycles. The van der Waals surface area contributed by atoms with Crippen molar-refractivity contribution in [1.29, 1.82) is 0 Å². The van der Waals surface area contributed by atoms with E-state index in [2.05, 4.69) is 15.6 Å². The van der Waals surface area contributed by atoms with Gasteiger partial charge in [-0.2, -0.15) is 0 Å². The smallest absolute Gasteiger partial charge is 0.322 e. The molecular formula is C21H30N4O3S. The van der Waals surface area contributed by atoms with E-state index in [1.807, 2.05) is 58.2 Å². The molecule has 0 atom stereocenters. The summed E-state index contributed by atoms with van der Waals surface area (Å²) >= 11 is 1.65. The lowest BCUT2D eigenvalue weighted by atomic mass is 10.2. The number of aromatic nitrogens is 1. The van der Waals surface area contributed by atoms with Crippen LogP contribution in [0.1, 0.15) is 44.1 Å². The molecule has 0 radical (unpaired) electrons. The molecule has 158 valence electrons. The predicted octanol–water partition coefficient (Wildman–Crippen LogP) is 4.47. The first-order chi connectivity index (χ1) is 13.8. The third kappa shape index (κ3) is 7.45. The van der Waals surface area contributed by atoms with E-state index in [0.717, 1.165) is 10.6 Å². The van der Waals surface area contributed by atoms with Gasteiger partial charge in [0.1, 0.15) is 6.26 Å². The van der Waals surface area contributed by atoms with Gasteiger partial charge in [-0.15, -0.1) is 11.8 Å². The molecule has 0 unspecified atom stereocenters. The lowest BCUT2D eigenvalue weighted by Crippen LogP contribution is -2.37. The molecule has 0 spiro atoms. The van der Waals surface area contributed by atoms with E-state index < -0.39 is 0 Å². The second kappa shape index (κ2) is 10.9. The van der Waals surface area contributed by atoms with E-state index in [1.165, 1.54) is 6.26 Å². The summed E-state index contributed by atoms with van der Waals surface area (Å²) in [6.07, 6.45) is 3.34. The maximum Gasteiger partial charge on any atom is 0.322 e. The molecule has 0 bridgehead atoms. The highest BCUT2D eigenvalue weighted by molar-refractivity contribution is 7.98. The van der Waals surface area contributed by atoms with Crippen LogP contribution >= 0.6 is 11.8 Å². The summed E-state index contributed by atoms with van der Waals surface area (Å²) in [7, 11) is 0. The number of urea groups is 1. The van der Waals surface area contributed by atoms with Crippen LogP contribution in [-0.2, 0) is 6.54 Å². The van der Waals surface area contributed by atoms with Crippen molar-refractivity contribution < 1.29 is 14.0 Å². The fourth-order valence-electron chi connectivity index (χ4n) is 2.58. The number of rotatable bonds is 9. The molecule has 0 saturated heterocycles. The maximum atomic E-state index is 12.8. The lowest BCUT2D eigenvalue weighted by molar-refractivity contribution is 0.0944. The van der Waals surface area contributed by atoms with Crippen LogP contribution < -0.4 is 10.6 Å². The van der Waals surface area contributed by atoms with Gasteiger partial charge < -0.3 is 20.0 Å². The van der Waals surface area contributed by atoms with Crippen molar-refractivity contribution in [2.75, 3.05) is 24.7 Å². The van der Waals surface area contributed by atoms with Crippen molar-refractivity contribution in [3.05, 3.63) is 42.1 Å². The van der Waals surface area contributed by atoms with E-state index in [-0.39, 0.29) is 30.1 Å². The van der Waals surface area contributed by atoms with Crippen LogP contribution in [0.15, 0.2) is 39.8 Å². The van der Waals surface area contributed by atoms with Gasteiger partial charge in [0.05, 0.1) is 6.54 Å². The zero-order chi connectivity index (χ0) is 21.4. The number of nitrogens with zero attached hydrogens (tertiary/aromatic N) is 2. The van der Waals surface area contributed by atoms with Crippen LogP contribution in [0.2, 0.25) is 0 Å². The Balaban J connectivity index is 2.04. The summed E-state index contributed by atoms with van der Waals surface area (Å²) < 4.78 is 5.44. The topological polar surface area (TPSA) is 87.5 Å². The number of anilines is 1. The standard InChI is InChI=1S/C21H30N4O3S/c1-14(2)10-22-20(26)18-13-28-19(24-18)12-25(11-15(3)4)21(27)23-16-6-8-17(29-5)9-7-16/h6-9,13-15H,10-12H2,1-5H3,(H,22,26)(H,23,27).